The summed E-state index contributed by atoms with van der Waals surface area (Å²) in [6.45, 7) is 1.63. The Balaban J connectivity index is 1.61. The molecule has 0 atom stereocenters. The summed E-state index contributed by atoms with van der Waals surface area (Å²) in [5, 5.41) is 11.2. The van der Waals surface area contributed by atoms with Crippen molar-refractivity contribution in [1.29, 1.82) is 0 Å². The lowest BCUT2D eigenvalue weighted by molar-refractivity contribution is -0.385. The first kappa shape index (κ1) is 20.9. The zero-order valence-corrected chi connectivity index (χ0v) is 16.9. The van der Waals surface area contributed by atoms with Crippen LogP contribution in [0.15, 0.2) is 77.4 Å². The minimum absolute atomic E-state index is 0.0128. The summed E-state index contributed by atoms with van der Waals surface area (Å²) in [7, 11) is 0. The maximum absolute atomic E-state index is 13.9. The molecule has 3 aromatic carbocycles. The van der Waals surface area contributed by atoms with Gasteiger partial charge in [-0.05, 0) is 31.2 Å². The highest BCUT2D eigenvalue weighted by Crippen LogP contribution is 2.27. The number of nitro benzene ring substituents is 1. The van der Waals surface area contributed by atoms with Crippen LogP contribution in [0, 0.1) is 22.9 Å². The summed E-state index contributed by atoms with van der Waals surface area (Å²) >= 11 is 0. The molecule has 0 radical (unpaired) electrons. The molecule has 1 aliphatic heterocycles. The maximum atomic E-state index is 13.9. The number of aryl methyl sites for hydroxylation is 1. The molecule has 0 fully saturated rings. The summed E-state index contributed by atoms with van der Waals surface area (Å²) in [5.74, 6) is -0.643. The van der Waals surface area contributed by atoms with Crippen molar-refractivity contribution in [2.75, 3.05) is 0 Å². The number of nitro groups is 1. The molecule has 0 N–H and O–H groups in total. The van der Waals surface area contributed by atoms with Gasteiger partial charge in [0, 0.05) is 28.3 Å². The number of hydrogen-bond acceptors (Lipinski definition) is 6. The van der Waals surface area contributed by atoms with Crippen LogP contribution in [-0.2, 0) is 16.1 Å². The number of nitrogens with zero attached hydrogens (tertiary/aromatic N) is 2. The van der Waals surface area contributed by atoms with E-state index < -0.39 is 10.9 Å². The number of aliphatic imine (C=N–C) groups is 1. The van der Waals surface area contributed by atoms with Crippen molar-refractivity contribution in [3.05, 3.63) is 111 Å². The number of rotatable bonds is 6. The zero-order valence-electron chi connectivity index (χ0n) is 16.9. The molecule has 0 spiro atoms. The molecule has 160 valence electrons. The van der Waals surface area contributed by atoms with Gasteiger partial charge in [0.25, 0.3) is 5.69 Å². The van der Waals surface area contributed by atoms with Gasteiger partial charge in [0.15, 0.2) is 5.70 Å². The van der Waals surface area contributed by atoms with Crippen LogP contribution < -0.4 is 4.74 Å². The summed E-state index contributed by atoms with van der Waals surface area (Å²) in [6, 6.07) is 17.7. The van der Waals surface area contributed by atoms with Gasteiger partial charge in [0.2, 0.25) is 5.90 Å². The van der Waals surface area contributed by atoms with Gasteiger partial charge in [-0.25, -0.2) is 14.2 Å². The molecule has 1 heterocycles. The van der Waals surface area contributed by atoms with Gasteiger partial charge >= 0.3 is 5.97 Å². The van der Waals surface area contributed by atoms with Gasteiger partial charge in [-0.3, -0.25) is 10.1 Å². The van der Waals surface area contributed by atoms with Crippen LogP contribution in [0.2, 0.25) is 0 Å². The third-order valence-electron chi connectivity index (χ3n) is 4.83. The average Bonchev–Trinajstić information content (AvgIpc) is 3.14. The van der Waals surface area contributed by atoms with Crippen molar-refractivity contribution in [1.82, 2.24) is 0 Å². The first-order chi connectivity index (χ1) is 15.4. The van der Waals surface area contributed by atoms with Crippen molar-refractivity contribution in [3.8, 4) is 5.75 Å². The molecule has 0 unspecified atom stereocenters. The highest BCUT2D eigenvalue weighted by molar-refractivity contribution is 6.13. The fourth-order valence-electron chi connectivity index (χ4n) is 3.12. The average molecular weight is 432 g/mol. The van der Waals surface area contributed by atoms with Gasteiger partial charge in [0.1, 0.15) is 18.2 Å². The lowest BCUT2D eigenvalue weighted by Gasteiger charge is -2.10. The van der Waals surface area contributed by atoms with E-state index in [0.29, 0.717) is 28.0 Å². The Bertz CT molecular complexity index is 1280. The number of cyclic esters (lactones) is 1. The van der Waals surface area contributed by atoms with E-state index in [-0.39, 0.29) is 29.7 Å². The van der Waals surface area contributed by atoms with Gasteiger partial charge in [-0.15, -0.1) is 0 Å². The van der Waals surface area contributed by atoms with Crippen LogP contribution in [-0.4, -0.2) is 16.8 Å². The number of carbonyl (C=O) groups excluding carboxylic acids is 1. The SMILES string of the molecule is Cc1ccc(C2=N/C(=C\c3ccccc3OCc3ccccc3F)C(=O)O2)cc1[N+](=O)[O-]. The smallest absolute Gasteiger partial charge is 0.363 e. The van der Waals surface area contributed by atoms with Crippen LogP contribution in [0.5, 0.6) is 5.75 Å². The first-order valence-electron chi connectivity index (χ1n) is 9.65. The molecule has 0 bridgehead atoms. The fourth-order valence-corrected chi connectivity index (χ4v) is 3.12. The molecular weight excluding hydrogens is 415 g/mol. The standard InChI is InChI=1S/C24H17FN2O5/c1-15-10-11-17(13-21(15)27(29)30)23-26-20(24(28)32-23)12-16-6-3-5-9-22(16)31-14-18-7-2-4-8-19(18)25/h2-13H,14H2,1H3/b20-12-. The van der Waals surface area contributed by atoms with Gasteiger partial charge < -0.3 is 9.47 Å². The molecule has 8 heteroatoms. The molecule has 0 aromatic heterocycles. The fraction of sp³-hybridized carbons (Fsp3) is 0.0833. The quantitative estimate of drug-likeness (QED) is 0.237. The van der Waals surface area contributed by atoms with Crippen molar-refractivity contribution < 1.29 is 23.6 Å². The Hall–Kier alpha value is -4.33. The molecule has 32 heavy (non-hydrogen) atoms. The van der Waals surface area contributed by atoms with Crippen molar-refractivity contribution in [3.63, 3.8) is 0 Å². The third kappa shape index (κ3) is 4.39. The van der Waals surface area contributed by atoms with E-state index in [1.165, 1.54) is 18.2 Å². The number of benzene rings is 3. The Morgan fingerprint density at radius 1 is 1.12 bits per heavy atom. The molecule has 0 amide bonds. The third-order valence-corrected chi connectivity index (χ3v) is 4.83. The molecule has 4 rings (SSSR count). The zero-order chi connectivity index (χ0) is 22.7. The number of hydrogen-bond donors (Lipinski definition) is 0. The van der Waals surface area contributed by atoms with E-state index in [1.807, 2.05) is 0 Å². The van der Waals surface area contributed by atoms with Crippen molar-refractivity contribution >= 4 is 23.6 Å². The number of ether oxygens (including phenoxy) is 2. The predicted molar refractivity (Wildman–Crippen MR) is 116 cm³/mol. The van der Waals surface area contributed by atoms with Crippen molar-refractivity contribution in [2.45, 2.75) is 13.5 Å². The van der Waals surface area contributed by atoms with Gasteiger partial charge in [-0.1, -0.05) is 42.5 Å². The lowest BCUT2D eigenvalue weighted by atomic mass is 10.1. The van der Waals surface area contributed by atoms with E-state index in [2.05, 4.69) is 4.99 Å². The first-order valence-corrected chi connectivity index (χ1v) is 9.65. The van der Waals surface area contributed by atoms with Gasteiger partial charge in [0.05, 0.1) is 4.92 Å². The second kappa shape index (κ2) is 8.81. The van der Waals surface area contributed by atoms with Crippen LogP contribution >= 0.6 is 0 Å². The van der Waals surface area contributed by atoms with E-state index in [9.17, 15) is 19.3 Å². The number of esters is 1. The lowest BCUT2D eigenvalue weighted by Crippen LogP contribution is -2.06. The second-order valence-electron chi connectivity index (χ2n) is 7.01. The molecule has 0 aliphatic carbocycles. The topological polar surface area (TPSA) is 91.0 Å². The Morgan fingerprint density at radius 3 is 2.66 bits per heavy atom. The summed E-state index contributed by atoms with van der Waals surface area (Å²) < 4.78 is 24.8. The Morgan fingerprint density at radius 2 is 1.88 bits per heavy atom. The molecular formula is C24H17FN2O5. The van der Waals surface area contributed by atoms with Crippen LogP contribution in [0.25, 0.3) is 6.08 Å². The summed E-state index contributed by atoms with van der Waals surface area (Å²) in [6.07, 6.45) is 1.49. The molecule has 0 saturated heterocycles. The van der Waals surface area contributed by atoms with Crippen molar-refractivity contribution in [2.24, 2.45) is 4.99 Å². The maximum Gasteiger partial charge on any atom is 0.363 e. The summed E-state index contributed by atoms with van der Waals surface area (Å²) in [5.41, 5.74) is 1.69. The molecule has 7 nitrogen and oxygen atoms in total. The summed E-state index contributed by atoms with van der Waals surface area (Å²) in [4.78, 5) is 27.2. The van der Waals surface area contributed by atoms with Crippen LogP contribution in [0.3, 0.4) is 0 Å². The minimum atomic E-state index is -0.688. The minimum Gasteiger partial charge on any atom is -0.488 e. The van der Waals surface area contributed by atoms with Crippen LogP contribution in [0.4, 0.5) is 10.1 Å². The van der Waals surface area contributed by atoms with Crippen LogP contribution in [0.1, 0.15) is 22.3 Å². The van der Waals surface area contributed by atoms with E-state index in [0.717, 1.165) is 0 Å². The number of halogens is 1. The van der Waals surface area contributed by atoms with E-state index >= 15 is 0 Å². The number of para-hydroxylation sites is 1. The molecule has 0 saturated carbocycles. The monoisotopic (exact) mass is 432 g/mol. The van der Waals surface area contributed by atoms with E-state index in [4.69, 9.17) is 9.47 Å². The molecule has 3 aromatic rings. The predicted octanol–water partition coefficient (Wildman–Crippen LogP) is 4.97. The Kier molecular flexibility index (Phi) is 5.76. The van der Waals surface area contributed by atoms with E-state index in [1.54, 1.807) is 61.5 Å². The second-order valence-corrected chi connectivity index (χ2v) is 7.01. The molecule has 1 aliphatic rings. The highest BCUT2D eigenvalue weighted by Gasteiger charge is 2.26. The number of carbonyl (C=O) groups is 1. The largest absolute Gasteiger partial charge is 0.488 e. The highest BCUT2D eigenvalue weighted by atomic mass is 19.1. The van der Waals surface area contributed by atoms with Gasteiger partial charge in [-0.2, -0.15) is 0 Å². The Labute approximate surface area is 182 Å². The normalized spacial score (nSPS) is 14.2.